The zero-order valence-corrected chi connectivity index (χ0v) is 14.8. The lowest BCUT2D eigenvalue weighted by Crippen LogP contribution is -2.37. The minimum Gasteiger partial charge on any atom is -0.497 e. The smallest absolute Gasteiger partial charge is 0.118 e. The first-order chi connectivity index (χ1) is 12.3. The first-order valence-corrected chi connectivity index (χ1v) is 8.81. The summed E-state index contributed by atoms with van der Waals surface area (Å²) in [5, 5.41) is 3.66. The van der Waals surface area contributed by atoms with Crippen LogP contribution in [-0.4, -0.2) is 40.0 Å². The maximum atomic E-state index is 5.50. The van der Waals surface area contributed by atoms with Crippen molar-refractivity contribution in [2.45, 2.75) is 6.92 Å². The molecular formula is C21H24N2O2. The van der Waals surface area contributed by atoms with E-state index in [-0.39, 0.29) is 0 Å². The summed E-state index contributed by atoms with van der Waals surface area (Å²) in [7, 11) is 1.70. The summed E-state index contributed by atoms with van der Waals surface area (Å²) in [6.07, 6.45) is 2.33. The van der Waals surface area contributed by atoms with Crippen molar-refractivity contribution >= 4 is 23.0 Å². The third kappa shape index (κ3) is 3.10. The minimum absolute atomic E-state index is 0.801. The number of anilines is 2. The second-order valence-electron chi connectivity index (χ2n) is 6.54. The molecule has 2 aromatic rings. The molecule has 0 bridgehead atoms. The molecule has 0 unspecified atom stereocenters. The van der Waals surface area contributed by atoms with Crippen LogP contribution >= 0.6 is 0 Å². The first-order valence-electron chi connectivity index (χ1n) is 8.81. The fraction of sp³-hybridized carbons (Fsp3) is 0.333. The van der Waals surface area contributed by atoms with E-state index in [4.69, 9.17) is 9.47 Å². The van der Waals surface area contributed by atoms with Gasteiger partial charge in [0.25, 0.3) is 0 Å². The Balaban J connectivity index is 1.70. The molecule has 4 rings (SSSR count). The lowest BCUT2D eigenvalue weighted by atomic mass is 9.94. The molecule has 1 fully saturated rings. The molecule has 2 aromatic carbocycles. The topological polar surface area (TPSA) is 33.7 Å². The quantitative estimate of drug-likeness (QED) is 0.924. The summed E-state index contributed by atoms with van der Waals surface area (Å²) in [5.41, 5.74) is 7.66. The Morgan fingerprint density at radius 1 is 1.04 bits per heavy atom. The second kappa shape index (κ2) is 6.81. The predicted octanol–water partition coefficient (Wildman–Crippen LogP) is 3.81. The van der Waals surface area contributed by atoms with Crippen LogP contribution < -0.4 is 15.0 Å². The number of nitrogens with one attached hydrogen (secondary N) is 1. The summed E-state index contributed by atoms with van der Waals surface area (Å²) >= 11 is 0. The van der Waals surface area contributed by atoms with Gasteiger partial charge in [0.1, 0.15) is 5.75 Å². The van der Waals surface area contributed by atoms with Crippen LogP contribution in [0.4, 0.5) is 11.4 Å². The molecule has 0 spiro atoms. The van der Waals surface area contributed by atoms with Crippen LogP contribution in [-0.2, 0) is 4.74 Å². The molecule has 0 aromatic heterocycles. The van der Waals surface area contributed by atoms with E-state index in [1.165, 1.54) is 33.6 Å². The molecule has 1 N–H and O–H groups in total. The molecule has 2 aliphatic rings. The molecule has 0 radical (unpaired) electrons. The molecule has 0 aliphatic carbocycles. The van der Waals surface area contributed by atoms with Crippen LogP contribution in [0.3, 0.4) is 0 Å². The lowest BCUT2D eigenvalue weighted by Gasteiger charge is -2.33. The van der Waals surface area contributed by atoms with Gasteiger partial charge in [0.2, 0.25) is 0 Å². The standard InChI is InChI=1S/C21H24N2O2/c1-15-3-8-20(23-9-11-25-12-10-23)21-19(15)13-17(14-22-21)16-4-6-18(24-2)7-5-16/h3-8,13,22H,9-12,14H2,1-2H3. The highest BCUT2D eigenvalue weighted by Gasteiger charge is 2.21. The van der Waals surface area contributed by atoms with Gasteiger partial charge < -0.3 is 19.7 Å². The molecule has 0 saturated carbocycles. The summed E-state index contributed by atoms with van der Waals surface area (Å²) in [4.78, 5) is 2.42. The van der Waals surface area contributed by atoms with Gasteiger partial charge in [-0.05, 0) is 47.9 Å². The van der Waals surface area contributed by atoms with Crippen molar-refractivity contribution in [1.82, 2.24) is 0 Å². The third-order valence-electron chi connectivity index (χ3n) is 5.03. The number of morpholine rings is 1. The van der Waals surface area contributed by atoms with Crippen molar-refractivity contribution < 1.29 is 9.47 Å². The van der Waals surface area contributed by atoms with Gasteiger partial charge in [0, 0.05) is 25.2 Å². The van der Waals surface area contributed by atoms with Crippen molar-refractivity contribution in [3.63, 3.8) is 0 Å². The highest BCUT2D eigenvalue weighted by Crippen LogP contribution is 2.38. The van der Waals surface area contributed by atoms with Gasteiger partial charge in [-0.15, -0.1) is 0 Å². The number of ether oxygens (including phenoxy) is 2. The van der Waals surface area contributed by atoms with Gasteiger partial charge in [-0.25, -0.2) is 0 Å². The average molecular weight is 336 g/mol. The van der Waals surface area contributed by atoms with E-state index < -0.39 is 0 Å². The zero-order chi connectivity index (χ0) is 17.2. The Hall–Kier alpha value is -2.46. The summed E-state index contributed by atoms with van der Waals surface area (Å²) in [5.74, 6) is 0.888. The molecular weight excluding hydrogens is 312 g/mol. The summed E-state index contributed by atoms with van der Waals surface area (Å²) < 4.78 is 10.8. The van der Waals surface area contributed by atoms with Gasteiger partial charge in [-0.3, -0.25) is 0 Å². The van der Waals surface area contributed by atoms with E-state index in [1.54, 1.807) is 7.11 Å². The van der Waals surface area contributed by atoms with Gasteiger partial charge >= 0.3 is 0 Å². The minimum atomic E-state index is 0.801. The van der Waals surface area contributed by atoms with E-state index in [9.17, 15) is 0 Å². The number of fused-ring (bicyclic) bond motifs is 1. The number of rotatable bonds is 3. The fourth-order valence-electron chi connectivity index (χ4n) is 3.55. The van der Waals surface area contributed by atoms with Gasteiger partial charge in [0.15, 0.2) is 0 Å². The van der Waals surface area contributed by atoms with E-state index in [0.717, 1.165) is 38.6 Å². The number of aryl methyl sites for hydroxylation is 1. The summed E-state index contributed by atoms with van der Waals surface area (Å²) in [6.45, 7) is 6.51. The molecule has 130 valence electrons. The van der Waals surface area contributed by atoms with E-state index in [0.29, 0.717) is 0 Å². The van der Waals surface area contributed by atoms with E-state index in [2.05, 4.69) is 47.5 Å². The Kier molecular flexibility index (Phi) is 4.36. The van der Waals surface area contributed by atoms with Crippen molar-refractivity contribution in [2.24, 2.45) is 0 Å². The maximum absolute atomic E-state index is 5.50. The fourth-order valence-corrected chi connectivity index (χ4v) is 3.55. The second-order valence-corrected chi connectivity index (χ2v) is 6.54. The number of nitrogens with zero attached hydrogens (tertiary/aromatic N) is 1. The molecule has 4 nitrogen and oxygen atoms in total. The van der Waals surface area contributed by atoms with Crippen LogP contribution in [0.25, 0.3) is 11.6 Å². The third-order valence-corrected chi connectivity index (χ3v) is 5.03. The van der Waals surface area contributed by atoms with Crippen molar-refractivity contribution in [1.29, 1.82) is 0 Å². The number of hydrogen-bond donors (Lipinski definition) is 1. The monoisotopic (exact) mass is 336 g/mol. The predicted molar refractivity (Wildman–Crippen MR) is 104 cm³/mol. The average Bonchev–Trinajstić information content (AvgIpc) is 2.69. The van der Waals surface area contributed by atoms with E-state index >= 15 is 0 Å². The number of methoxy groups -OCH3 is 1. The maximum Gasteiger partial charge on any atom is 0.118 e. The highest BCUT2D eigenvalue weighted by atomic mass is 16.5. The van der Waals surface area contributed by atoms with Gasteiger partial charge in [0.05, 0.1) is 31.7 Å². The number of benzene rings is 2. The van der Waals surface area contributed by atoms with Crippen LogP contribution in [0, 0.1) is 6.92 Å². The molecule has 2 heterocycles. The zero-order valence-electron chi connectivity index (χ0n) is 14.8. The van der Waals surface area contributed by atoms with Crippen molar-refractivity contribution in [2.75, 3.05) is 50.2 Å². The molecule has 0 atom stereocenters. The van der Waals surface area contributed by atoms with Crippen LogP contribution in [0.1, 0.15) is 16.7 Å². The molecule has 4 heteroatoms. The van der Waals surface area contributed by atoms with Crippen molar-refractivity contribution in [3.05, 3.63) is 53.1 Å². The SMILES string of the molecule is COc1ccc(C2=Cc3c(C)ccc(N4CCOCC4)c3NC2)cc1. The van der Waals surface area contributed by atoms with Crippen LogP contribution in [0.15, 0.2) is 36.4 Å². The normalized spacial score (nSPS) is 16.7. The molecule has 0 amide bonds. The Labute approximate surface area is 149 Å². The highest BCUT2D eigenvalue weighted by molar-refractivity contribution is 5.95. The first kappa shape index (κ1) is 16.0. The largest absolute Gasteiger partial charge is 0.497 e. The van der Waals surface area contributed by atoms with Crippen LogP contribution in [0.2, 0.25) is 0 Å². The van der Waals surface area contributed by atoms with Gasteiger partial charge in [-0.2, -0.15) is 0 Å². The molecule has 2 aliphatic heterocycles. The molecule has 25 heavy (non-hydrogen) atoms. The van der Waals surface area contributed by atoms with E-state index in [1.807, 2.05) is 12.1 Å². The Morgan fingerprint density at radius 3 is 2.52 bits per heavy atom. The lowest BCUT2D eigenvalue weighted by molar-refractivity contribution is 0.123. The Bertz CT molecular complexity index is 790. The summed E-state index contributed by atoms with van der Waals surface area (Å²) in [6, 6.07) is 12.7. The molecule has 1 saturated heterocycles. The van der Waals surface area contributed by atoms with Gasteiger partial charge in [-0.1, -0.05) is 18.2 Å². The number of hydrogen-bond acceptors (Lipinski definition) is 4. The van der Waals surface area contributed by atoms with Crippen molar-refractivity contribution in [3.8, 4) is 5.75 Å². The van der Waals surface area contributed by atoms with Crippen LogP contribution in [0.5, 0.6) is 5.75 Å². The Morgan fingerprint density at radius 2 is 1.80 bits per heavy atom.